The lowest BCUT2D eigenvalue weighted by atomic mass is 9.67. The Kier molecular flexibility index (Phi) is 9.58. The van der Waals surface area contributed by atoms with E-state index < -0.39 is 0 Å². The molecule has 0 aliphatic heterocycles. The average molecular weight is 524 g/mol. The van der Waals surface area contributed by atoms with Crippen LogP contribution in [0.4, 0.5) is 0 Å². The zero-order valence-electron chi connectivity index (χ0n) is 22.8. The van der Waals surface area contributed by atoms with Gasteiger partial charge >= 0.3 is 0 Å². The van der Waals surface area contributed by atoms with Crippen molar-refractivity contribution in [2.24, 2.45) is 4.99 Å². The monoisotopic (exact) mass is 523 g/mol. The molecular formula is C32H37N5O2. The molecule has 0 radical (unpaired) electrons. The Labute approximate surface area is 231 Å². The molecule has 202 valence electrons. The molecule has 1 amide bonds. The summed E-state index contributed by atoms with van der Waals surface area (Å²) in [7, 11) is 1.58. The maximum absolute atomic E-state index is 13.2. The molecule has 1 fully saturated rings. The van der Waals surface area contributed by atoms with Gasteiger partial charge in [-0.15, -0.1) is 4.99 Å². The Morgan fingerprint density at radius 2 is 1.64 bits per heavy atom. The highest BCUT2D eigenvalue weighted by Crippen LogP contribution is 2.41. The fourth-order valence-corrected chi connectivity index (χ4v) is 5.57. The van der Waals surface area contributed by atoms with Gasteiger partial charge in [0, 0.05) is 31.1 Å². The normalized spacial score (nSPS) is 19.0. The second-order valence-corrected chi connectivity index (χ2v) is 9.94. The fraction of sp³-hybridized carbons (Fsp3) is 0.344. The van der Waals surface area contributed by atoms with Crippen LogP contribution in [0.3, 0.4) is 0 Å². The Bertz CT molecular complexity index is 1280. The maximum atomic E-state index is 13.2. The first-order chi connectivity index (χ1) is 19.1. The predicted molar refractivity (Wildman–Crippen MR) is 154 cm³/mol. The Hall–Kier alpha value is -4.31. The summed E-state index contributed by atoms with van der Waals surface area (Å²) in [5.41, 5.74) is 2.74. The molecule has 3 aromatic rings. The Balaban J connectivity index is 1.56. The molecule has 39 heavy (non-hydrogen) atoms. The van der Waals surface area contributed by atoms with Crippen LogP contribution in [0.5, 0.6) is 5.75 Å². The van der Waals surface area contributed by atoms with Gasteiger partial charge in [0.15, 0.2) is 0 Å². The van der Waals surface area contributed by atoms with Crippen molar-refractivity contribution in [2.45, 2.75) is 50.6 Å². The first-order valence-corrected chi connectivity index (χ1v) is 13.6. The van der Waals surface area contributed by atoms with Crippen molar-refractivity contribution < 1.29 is 9.53 Å². The minimum absolute atomic E-state index is 0.133. The van der Waals surface area contributed by atoms with E-state index in [4.69, 9.17) is 4.74 Å². The minimum Gasteiger partial charge on any atom is -0.496 e. The van der Waals surface area contributed by atoms with E-state index in [0.29, 0.717) is 36.9 Å². The van der Waals surface area contributed by atoms with Crippen LogP contribution in [0.1, 0.15) is 54.1 Å². The molecule has 7 nitrogen and oxygen atoms in total. The number of methoxy groups -OCH3 is 1. The lowest BCUT2D eigenvalue weighted by Gasteiger charge is -2.45. The van der Waals surface area contributed by atoms with Crippen molar-refractivity contribution in [1.29, 1.82) is 5.26 Å². The SMILES string of the molecule is CCNC(=NC#N)N(Cc1ccccc1)[C@H]1CC[C@](CNC(=O)c2ccccc2OC)(c2ccccc2)CC1. The summed E-state index contributed by atoms with van der Waals surface area (Å²) in [6.45, 7) is 3.90. The highest BCUT2D eigenvalue weighted by atomic mass is 16.5. The van der Waals surface area contributed by atoms with Crippen LogP contribution in [0.2, 0.25) is 0 Å². The number of rotatable bonds is 9. The fourth-order valence-electron chi connectivity index (χ4n) is 5.57. The summed E-state index contributed by atoms with van der Waals surface area (Å²) in [6.07, 6.45) is 5.58. The summed E-state index contributed by atoms with van der Waals surface area (Å²) < 4.78 is 5.41. The van der Waals surface area contributed by atoms with Crippen LogP contribution in [0.15, 0.2) is 89.9 Å². The van der Waals surface area contributed by atoms with Gasteiger partial charge in [0.25, 0.3) is 5.91 Å². The molecule has 0 atom stereocenters. The van der Waals surface area contributed by atoms with Gasteiger partial charge < -0.3 is 20.3 Å². The molecule has 4 rings (SSSR count). The summed E-state index contributed by atoms with van der Waals surface area (Å²) >= 11 is 0. The number of nitriles is 1. The van der Waals surface area contributed by atoms with Gasteiger partial charge in [-0.05, 0) is 55.9 Å². The van der Waals surface area contributed by atoms with Gasteiger partial charge in [0.2, 0.25) is 12.2 Å². The number of carbonyl (C=O) groups is 1. The highest BCUT2D eigenvalue weighted by molar-refractivity contribution is 5.97. The molecule has 0 spiro atoms. The van der Waals surface area contributed by atoms with Crippen molar-refractivity contribution >= 4 is 11.9 Å². The average Bonchev–Trinajstić information content (AvgIpc) is 3.00. The Morgan fingerprint density at radius 3 is 2.28 bits per heavy atom. The molecule has 7 heteroatoms. The number of amides is 1. The zero-order chi connectivity index (χ0) is 27.5. The second kappa shape index (κ2) is 13.5. The standard InChI is InChI=1S/C32H37N5O2/c1-3-34-31(36-24-33)37(22-25-12-6-4-7-13-25)27-18-20-32(21-19-27,26-14-8-5-9-15-26)23-35-30(38)28-16-10-11-17-29(28)39-2/h4-17,27H,3,18-23H2,1-2H3,(H,34,36)(H,35,38)/t27-,32-. The van der Waals surface area contributed by atoms with Gasteiger partial charge in [-0.3, -0.25) is 4.79 Å². The van der Waals surface area contributed by atoms with Crippen LogP contribution in [-0.4, -0.2) is 43.0 Å². The van der Waals surface area contributed by atoms with E-state index in [1.165, 1.54) is 11.1 Å². The first kappa shape index (κ1) is 27.7. The lowest BCUT2D eigenvalue weighted by molar-refractivity contribution is 0.0925. The molecule has 2 N–H and O–H groups in total. The number of para-hydroxylation sites is 1. The molecule has 0 heterocycles. The van der Waals surface area contributed by atoms with Crippen LogP contribution in [0.25, 0.3) is 0 Å². The van der Waals surface area contributed by atoms with Crippen molar-refractivity contribution in [3.05, 3.63) is 102 Å². The highest BCUT2D eigenvalue weighted by Gasteiger charge is 2.39. The zero-order valence-corrected chi connectivity index (χ0v) is 22.8. The van der Waals surface area contributed by atoms with Crippen molar-refractivity contribution in [1.82, 2.24) is 15.5 Å². The quantitative estimate of drug-likeness (QED) is 0.227. The van der Waals surface area contributed by atoms with Crippen molar-refractivity contribution in [3.8, 4) is 11.9 Å². The van der Waals surface area contributed by atoms with Crippen molar-refractivity contribution in [2.75, 3.05) is 20.2 Å². The number of aliphatic imine (C=N–C) groups is 1. The molecule has 0 unspecified atom stereocenters. The topological polar surface area (TPSA) is 89.8 Å². The van der Waals surface area contributed by atoms with Gasteiger partial charge in [-0.25, -0.2) is 0 Å². The van der Waals surface area contributed by atoms with Crippen molar-refractivity contribution in [3.63, 3.8) is 0 Å². The molecule has 1 saturated carbocycles. The molecule has 0 saturated heterocycles. The van der Waals surface area contributed by atoms with E-state index >= 15 is 0 Å². The van der Waals surface area contributed by atoms with Gasteiger partial charge in [-0.2, -0.15) is 5.26 Å². The van der Waals surface area contributed by atoms with E-state index in [1.807, 2.05) is 49.5 Å². The smallest absolute Gasteiger partial charge is 0.255 e. The first-order valence-electron chi connectivity index (χ1n) is 13.6. The lowest BCUT2D eigenvalue weighted by Crippen LogP contribution is -2.51. The Morgan fingerprint density at radius 1 is 1.00 bits per heavy atom. The van der Waals surface area contributed by atoms with E-state index in [2.05, 4.69) is 56.9 Å². The van der Waals surface area contributed by atoms with Crippen LogP contribution in [0, 0.1) is 11.5 Å². The summed E-state index contributed by atoms with van der Waals surface area (Å²) in [4.78, 5) is 19.6. The number of benzene rings is 3. The molecule has 0 aromatic heterocycles. The number of nitrogens with one attached hydrogen (secondary N) is 2. The third-order valence-electron chi connectivity index (χ3n) is 7.64. The summed E-state index contributed by atoms with van der Waals surface area (Å²) in [5, 5.41) is 15.9. The van der Waals surface area contributed by atoms with E-state index in [0.717, 1.165) is 25.7 Å². The predicted octanol–water partition coefficient (Wildman–Crippen LogP) is 5.25. The number of guanidine groups is 1. The number of hydrogen-bond donors (Lipinski definition) is 2. The molecule has 1 aliphatic carbocycles. The molecule has 1 aliphatic rings. The van der Waals surface area contributed by atoms with Gasteiger partial charge in [0.1, 0.15) is 5.75 Å². The largest absolute Gasteiger partial charge is 0.496 e. The molecular weight excluding hydrogens is 486 g/mol. The molecule has 0 bridgehead atoms. The van der Waals surface area contributed by atoms with E-state index in [9.17, 15) is 10.1 Å². The number of carbonyl (C=O) groups excluding carboxylic acids is 1. The van der Waals surface area contributed by atoms with Crippen LogP contribution in [-0.2, 0) is 12.0 Å². The minimum atomic E-state index is -0.196. The summed E-state index contributed by atoms with van der Waals surface area (Å²) in [6, 6.07) is 28.3. The second-order valence-electron chi connectivity index (χ2n) is 9.94. The van der Waals surface area contributed by atoms with Crippen LogP contribution >= 0.6 is 0 Å². The third kappa shape index (κ3) is 6.77. The van der Waals surface area contributed by atoms with Crippen LogP contribution < -0.4 is 15.4 Å². The number of nitrogens with zero attached hydrogens (tertiary/aromatic N) is 3. The van der Waals surface area contributed by atoms with E-state index in [1.54, 1.807) is 19.2 Å². The molecule has 3 aromatic carbocycles. The summed E-state index contributed by atoms with van der Waals surface area (Å²) in [5.74, 6) is 1.05. The van der Waals surface area contributed by atoms with E-state index in [-0.39, 0.29) is 17.4 Å². The maximum Gasteiger partial charge on any atom is 0.255 e. The van der Waals surface area contributed by atoms with Gasteiger partial charge in [0.05, 0.1) is 12.7 Å². The third-order valence-corrected chi connectivity index (χ3v) is 7.64. The van der Waals surface area contributed by atoms with Gasteiger partial charge in [-0.1, -0.05) is 72.8 Å². The number of ether oxygens (including phenoxy) is 1. The number of hydrogen-bond acceptors (Lipinski definition) is 4.